The van der Waals surface area contributed by atoms with E-state index in [1.54, 1.807) is 31.1 Å². The summed E-state index contributed by atoms with van der Waals surface area (Å²) in [6.45, 7) is 12.0. The molecule has 2 atom stereocenters. The van der Waals surface area contributed by atoms with Gasteiger partial charge in [-0.2, -0.15) is 4.31 Å². The van der Waals surface area contributed by atoms with Crippen molar-refractivity contribution < 1.29 is 22.7 Å². The summed E-state index contributed by atoms with van der Waals surface area (Å²) < 4.78 is 33.6. The van der Waals surface area contributed by atoms with Crippen molar-refractivity contribution in [1.29, 1.82) is 0 Å². The SMILES string of the molecule is CC1(C)CC2CC(C)(CN2S(=O)(=O)c2cccc(C(=O)OCC(=O)C(C)(C)C)c2)C1. The molecule has 2 bridgehead atoms. The molecule has 2 aliphatic rings. The van der Waals surface area contributed by atoms with Gasteiger partial charge in [0.25, 0.3) is 0 Å². The van der Waals surface area contributed by atoms with Crippen LogP contribution in [0.3, 0.4) is 0 Å². The first-order chi connectivity index (χ1) is 13.6. The first kappa shape index (κ1) is 22.9. The number of ketones is 1. The number of hydrogen-bond donors (Lipinski definition) is 0. The molecule has 0 spiro atoms. The zero-order valence-corrected chi connectivity index (χ0v) is 19.6. The molecule has 2 fully saturated rings. The van der Waals surface area contributed by atoms with E-state index < -0.39 is 21.4 Å². The van der Waals surface area contributed by atoms with Gasteiger partial charge in [-0.3, -0.25) is 4.79 Å². The zero-order chi connectivity index (χ0) is 22.5. The van der Waals surface area contributed by atoms with E-state index in [9.17, 15) is 18.0 Å². The Morgan fingerprint density at radius 2 is 1.83 bits per heavy atom. The van der Waals surface area contributed by atoms with Crippen LogP contribution in [0.4, 0.5) is 0 Å². The quantitative estimate of drug-likeness (QED) is 0.652. The van der Waals surface area contributed by atoms with Gasteiger partial charge in [0.05, 0.1) is 10.5 Å². The molecule has 1 aromatic carbocycles. The average Bonchev–Trinajstić information content (AvgIpc) is 2.88. The fraction of sp³-hybridized carbons (Fsp3) is 0.652. The van der Waals surface area contributed by atoms with Gasteiger partial charge in [-0.05, 0) is 48.3 Å². The van der Waals surface area contributed by atoms with Crippen molar-refractivity contribution in [1.82, 2.24) is 4.31 Å². The summed E-state index contributed by atoms with van der Waals surface area (Å²) in [5.74, 6) is -0.891. The summed E-state index contributed by atoms with van der Waals surface area (Å²) in [4.78, 5) is 24.5. The van der Waals surface area contributed by atoms with Gasteiger partial charge in [-0.15, -0.1) is 0 Å². The zero-order valence-electron chi connectivity index (χ0n) is 18.8. The van der Waals surface area contributed by atoms with Crippen LogP contribution in [-0.4, -0.2) is 43.7 Å². The lowest BCUT2D eigenvalue weighted by atomic mass is 9.65. The van der Waals surface area contributed by atoms with Gasteiger partial charge >= 0.3 is 5.97 Å². The monoisotopic (exact) mass is 435 g/mol. The van der Waals surface area contributed by atoms with Crippen LogP contribution in [0, 0.1) is 16.2 Å². The van der Waals surface area contributed by atoms with E-state index in [-0.39, 0.29) is 39.7 Å². The smallest absolute Gasteiger partial charge is 0.338 e. The second kappa shape index (κ2) is 7.45. The molecule has 7 heteroatoms. The van der Waals surface area contributed by atoms with Crippen molar-refractivity contribution in [2.75, 3.05) is 13.2 Å². The molecule has 0 amide bonds. The van der Waals surface area contributed by atoms with E-state index in [4.69, 9.17) is 4.74 Å². The maximum Gasteiger partial charge on any atom is 0.338 e. The molecule has 2 unspecified atom stereocenters. The first-order valence-corrected chi connectivity index (χ1v) is 11.9. The fourth-order valence-corrected chi connectivity index (χ4v) is 6.86. The van der Waals surface area contributed by atoms with E-state index in [0.717, 1.165) is 19.3 Å². The van der Waals surface area contributed by atoms with Crippen molar-refractivity contribution in [2.24, 2.45) is 16.2 Å². The number of hydrogen-bond acceptors (Lipinski definition) is 5. The molecule has 30 heavy (non-hydrogen) atoms. The summed E-state index contributed by atoms with van der Waals surface area (Å²) in [7, 11) is -3.73. The average molecular weight is 436 g/mol. The van der Waals surface area contributed by atoms with Crippen LogP contribution in [0.15, 0.2) is 29.2 Å². The number of nitrogens with zero attached hydrogens (tertiary/aromatic N) is 1. The minimum atomic E-state index is -3.73. The molecule has 1 saturated heterocycles. The summed E-state index contributed by atoms with van der Waals surface area (Å²) in [5.41, 5.74) is -0.397. The predicted octanol–water partition coefficient (Wildman–Crippen LogP) is 4.05. The molecule has 1 aliphatic heterocycles. The van der Waals surface area contributed by atoms with Gasteiger partial charge in [0.15, 0.2) is 12.4 Å². The summed E-state index contributed by atoms with van der Waals surface area (Å²) in [5, 5.41) is 0. The third-order valence-corrected chi connectivity index (χ3v) is 8.11. The second-order valence-corrected chi connectivity index (χ2v) is 12.9. The van der Waals surface area contributed by atoms with Gasteiger partial charge in [-0.25, -0.2) is 13.2 Å². The molecule has 1 heterocycles. The molecule has 166 valence electrons. The molecule has 1 aliphatic carbocycles. The van der Waals surface area contributed by atoms with Crippen LogP contribution in [-0.2, 0) is 19.6 Å². The number of carbonyl (C=O) groups is 2. The molecule has 6 nitrogen and oxygen atoms in total. The lowest BCUT2D eigenvalue weighted by molar-refractivity contribution is -0.129. The maximum absolute atomic E-state index is 13.4. The van der Waals surface area contributed by atoms with E-state index in [1.807, 2.05) is 0 Å². The van der Waals surface area contributed by atoms with E-state index in [0.29, 0.717) is 6.54 Å². The second-order valence-electron chi connectivity index (χ2n) is 11.0. The highest BCUT2D eigenvalue weighted by Gasteiger charge is 2.53. The van der Waals surface area contributed by atoms with Crippen molar-refractivity contribution in [3.63, 3.8) is 0 Å². The Bertz CT molecular complexity index is 960. The number of sulfonamides is 1. The minimum absolute atomic E-state index is 0.0243. The van der Waals surface area contributed by atoms with Crippen molar-refractivity contribution >= 4 is 21.8 Å². The Labute approximate surface area is 180 Å². The Morgan fingerprint density at radius 3 is 2.47 bits per heavy atom. The van der Waals surface area contributed by atoms with E-state index in [1.165, 1.54) is 18.2 Å². The number of ether oxygens (including phenoxy) is 1. The third-order valence-electron chi connectivity index (χ3n) is 6.21. The third kappa shape index (κ3) is 4.62. The van der Waals surface area contributed by atoms with Gasteiger partial charge in [0, 0.05) is 18.0 Å². The maximum atomic E-state index is 13.4. The lowest BCUT2D eigenvalue weighted by Gasteiger charge is -2.39. The largest absolute Gasteiger partial charge is 0.454 e. The van der Waals surface area contributed by atoms with Gasteiger partial charge in [-0.1, -0.05) is 47.6 Å². The van der Waals surface area contributed by atoms with Crippen LogP contribution < -0.4 is 0 Å². The first-order valence-electron chi connectivity index (χ1n) is 10.5. The number of Topliss-reactive ketones (excluding diaryl/α,β-unsaturated/α-hetero) is 1. The van der Waals surface area contributed by atoms with Crippen LogP contribution in [0.5, 0.6) is 0 Å². The highest BCUT2D eigenvalue weighted by atomic mass is 32.2. The number of fused-ring (bicyclic) bond motifs is 2. The summed E-state index contributed by atoms with van der Waals surface area (Å²) in [6, 6.07) is 5.90. The Hall–Kier alpha value is -1.73. The number of esters is 1. The molecule has 0 radical (unpaired) electrons. The van der Waals surface area contributed by atoms with Crippen LogP contribution in [0.25, 0.3) is 0 Å². The molecule has 0 N–H and O–H groups in total. The minimum Gasteiger partial charge on any atom is -0.454 e. The van der Waals surface area contributed by atoms with E-state index in [2.05, 4.69) is 20.8 Å². The van der Waals surface area contributed by atoms with Gasteiger partial charge in [0.2, 0.25) is 10.0 Å². The Balaban J connectivity index is 1.80. The summed E-state index contributed by atoms with van der Waals surface area (Å²) >= 11 is 0. The number of benzene rings is 1. The Kier molecular flexibility index (Phi) is 5.70. The van der Waals surface area contributed by atoms with Crippen molar-refractivity contribution in [2.45, 2.75) is 71.7 Å². The molecule has 1 aromatic rings. The molecular weight excluding hydrogens is 402 g/mol. The number of rotatable bonds is 5. The molecule has 1 saturated carbocycles. The normalized spacial score (nSPS) is 26.4. The highest BCUT2D eigenvalue weighted by molar-refractivity contribution is 7.89. The highest BCUT2D eigenvalue weighted by Crippen LogP contribution is 2.53. The van der Waals surface area contributed by atoms with E-state index >= 15 is 0 Å². The van der Waals surface area contributed by atoms with Crippen LogP contribution in [0.1, 0.15) is 71.2 Å². The van der Waals surface area contributed by atoms with Crippen molar-refractivity contribution in [3.05, 3.63) is 29.8 Å². The van der Waals surface area contributed by atoms with Gasteiger partial charge < -0.3 is 4.74 Å². The molecule has 3 rings (SSSR count). The lowest BCUT2D eigenvalue weighted by Crippen LogP contribution is -2.37. The summed E-state index contributed by atoms with van der Waals surface area (Å²) in [6.07, 6.45) is 2.70. The fourth-order valence-electron chi connectivity index (χ4n) is 5.04. The Morgan fingerprint density at radius 1 is 1.17 bits per heavy atom. The molecular formula is C23H33NO5S. The predicted molar refractivity (Wildman–Crippen MR) is 115 cm³/mol. The standard InChI is InChI=1S/C23H33NO5S/c1-21(2,3)19(25)13-29-20(26)16-8-7-9-18(10-16)30(27,28)24-15-23(6)12-17(24)11-22(4,5)14-23/h7-10,17H,11-15H2,1-6H3. The van der Waals surface area contributed by atoms with Gasteiger partial charge in [0.1, 0.15) is 0 Å². The molecule has 0 aromatic heterocycles. The topological polar surface area (TPSA) is 80.8 Å². The number of carbonyl (C=O) groups excluding carboxylic acids is 2. The van der Waals surface area contributed by atoms with Crippen molar-refractivity contribution in [3.8, 4) is 0 Å². The van der Waals surface area contributed by atoms with Crippen LogP contribution in [0.2, 0.25) is 0 Å². The van der Waals surface area contributed by atoms with Crippen LogP contribution >= 0.6 is 0 Å².